The Morgan fingerprint density at radius 1 is 1.15 bits per heavy atom. The average molecular weight is 360 g/mol. The van der Waals surface area contributed by atoms with Crippen LogP contribution in [0, 0.1) is 0 Å². The lowest BCUT2D eigenvalue weighted by Crippen LogP contribution is -2.18. The highest BCUT2D eigenvalue weighted by molar-refractivity contribution is 9.10. The van der Waals surface area contributed by atoms with E-state index in [4.69, 9.17) is 4.98 Å². The quantitative estimate of drug-likeness (QED) is 0.694. The number of nitrogens with one attached hydrogen (secondary N) is 1. The van der Waals surface area contributed by atoms with Crippen molar-refractivity contribution in [2.24, 2.45) is 0 Å². The van der Waals surface area contributed by atoms with Crippen LogP contribution in [0.1, 0.15) is 59.0 Å². The number of rotatable bonds is 7. The fourth-order valence-electron chi connectivity index (χ4n) is 1.72. The van der Waals surface area contributed by atoms with Crippen LogP contribution in [-0.4, -0.2) is 22.3 Å². The molecule has 0 atom stereocenters. The number of thioether (sulfide) groups is 1. The molecule has 1 aromatic heterocycles. The van der Waals surface area contributed by atoms with Gasteiger partial charge in [0.1, 0.15) is 11.6 Å². The van der Waals surface area contributed by atoms with Gasteiger partial charge in [-0.25, -0.2) is 9.97 Å². The maximum Gasteiger partial charge on any atom is 0.144 e. The largest absolute Gasteiger partial charge is 0.369 e. The molecule has 1 heterocycles. The second-order valence-corrected chi connectivity index (χ2v) is 7.78. The minimum absolute atomic E-state index is 0.00852. The highest BCUT2D eigenvalue weighted by Gasteiger charge is 2.23. The predicted octanol–water partition coefficient (Wildman–Crippen LogP) is 5.00. The predicted molar refractivity (Wildman–Crippen MR) is 93.7 cm³/mol. The molecule has 0 saturated heterocycles. The molecule has 20 heavy (non-hydrogen) atoms. The van der Waals surface area contributed by atoms with Gasteiger partial charge >= 0.3 is 0 Å². The molecule has 0 radical (unpaired) electrons. The van der Waals surface area contributed by atoms with Crippen LogP contribution in [-0.2, 0) is 11.2 Å². The molecule has 1 aromatic rings. The molecule has 0 aromatic carbocycles. The fraction of sp³-hybridized carbons (Fsp3) is 0.733. The molecule has 0 unspecified atom stereocenters. The van der Waals surface area contributed by atoms with Gasteiger partial charge in [-0.3, -0.25) is 0 Å². The van der Waals surface area contributed by atoms with E-state index in [0.717, 1.165) is 46.3 Å². The first-order valence-corrected chi connectivity index (χ1v) is 9.23. The van der Waals surface area contributed by atoms with Gasteiger partial charge in [-0.15, -0.1) is 0 Å². The van der Waals surface area contributed by atoms with Crippen LogP contribution >= 0.6 is 27.7 Å². The van der Waals surface area contributed by atoms with Crippen molar-refractivity contribution in [1.29, 1.82) is 0 Å². The smallest absolute Gasteiger partial charge is 0.144 e. The molecule has 0 amide bonds. The summed E-state index contributed by atoms with van der Waals surface area (Å²) < 4.78 is 1.00. The lowest BCUT2D eigenvalue weighted by Gasteiger charge is -2.22. The van der Waals surface area contributed by atoms with Gasteiger partial charge in [-0.05, 0) is 34.5 Å². The standard InChI is InChI=1S/C15H26BrN3S/c1-6-8-17-14-12(16)13(15(3,4)5)18-11(19-14)10-20-9-7-2/h6-10H2,1-5H3,(H,17,18,19). The Bertz CT molecular complexity index is 430. The molecular weight excluding hydrogens is 334 g/mol. The fourth-order valence-corrected chi connectivity index (χ4v) is 3.38. The molecule has 0 aliphatic rings. The zero-order valence-corrected chi connectivity index (χ0v) is 15.6. The van der Waals surface area contributed by atoms with E-state index in [1.54, 1.807) is 0 Å². The molecule has 114 valence electrons. The summed E-state index contributed by atoms with van der Waals surface area (Å²) >= 11 is 5.56. The summed E-state index contributed by atoms with van der Waals surface area (Å²) in [6.45, 7) is 11.8. The molecule has 1 N–H and O–H groups in total. The molecule has 0 bridgehead atoms. The van der Waals surface area contributed by atoms with Gasteiger partial charge in [0.05, 0.1) is 15.9 Å². The van der Waals surface area contributed by atoms with E-state index >= 15 is 0 Å². The Kier molecular flexibility index (Phi) is 7.30. The van der Waals surface area contributed by atoms with Gasteiger partial charge in [-0.1, -0.05) is 34.6 Å². The van der Waals surface area contributed by atoms with Crippen LogP contribution in [0.3, 0.4) is 0 Å². The Balaban J connectivity index is 3.06. The van der Waals surface area contributed by atoms with Crippen LogP contribution in [0.15, 0.2) is 4.47 Å². The third kappa shape index (κ3) is 5.24. The van der Waals surface area contributed by atoms with Crippen molar-refractivity contribution in [3.8, 4) is 0 Å². The number of hydrogen-bond donors (Lipinski definition) is 1. The summed E-state index contributed by atoms with van der Waals surface area (Å²) in [4.78, 5) is 9.43. The van der Waals surface area contributed by atoms with Crippen LogP contribution < -0.4 is 5.32 Å². The highest BCUT2D eigenvalue weighted by atomic mass is 79.9. The van der Waals surface area contributed by atoms with E-state index in [-0.39, 0.29) is 5.41 Å². The summed E-state index contributed by atoms with van der Waals surface area (Å²) in [6, 6.07) is 0. The third-order valence-electron chi connectivity index (χ3n) is 2.73. The van der Waals surface area contributed by atoms with Crippen molar-refractivity contribution >= 4 is 33.5 Å². The molecule has 3 nitrogen and oxygen atoms in total. The summed E-state index contributed by atoms with van der Waals surface area (Å²) in [5, 5.41) is 3.40. The summed E-state index contributed by atoms with van der Waals surface area (Å²) in [5.41, 5.74) is 1.09. The first-order chi connectivity index (χ1) is 9.40. The highest BCUT2D eigenvalue weighted by Crippen LogP contribution is 2.33. The van der Waals surface area contributed by atoms with Crippen LogP contribution in [0.4, 0.5) is 5.82 Å². The molecule has 0 spiro atoms. The van der Waals surface area contributed by atoms with E-state index in [1.165, 1.54) is 6.42 Å². The Labute approximate surface area is 135 Å². The van der Waals surface area contributed by atoms with Crippen molar-refractivity contribution in [2.45, 2.75) is 58.6 Å². The number of halogens is 1. The molecule has 0 aliphatic carbocycles. The number of anilines is 1. The van der Waals surface area contributed by atoms with Crippen molar-refractivity contribution in [2.75, 3.05) is 17.6 Å². The molecule has 0 aliphatic heterocycles. The average Bonchev–Trinajstić information content (AvgIpc) is 2.37. The lowest BCUT2D eigenvalue weighted by molar-refractivity contribution is 0.560. The lowest BCUT2D eigenvalue weighted by atomic mass is 9.92. The molecule has 0 saturated carbocycles. The van der Waals surface area contributed by atoms with Crippen molar-refractivity contribution < 1.29 is 0 Å². The summed E-state index contributed by atoms with van der Waals surface area (Å²) in [6.07, 6.45) is 2.27. The van der Waals surface area contributed by atoms with Crippen LogP contribution in [0.5, 0.6) is 0 Å². The SMILES string of the molecule is CCCNc1nc(CSCCC)nc(C(C)(C)C)c1Br. The van der Waals surface area contributed by atoms with Crippen molar-refractivity contribution in [3.05, 3.63) is 16.0 Å². The second-order valence-electron chi connectivity index (χ2n) is 5.88. The number of hydrogen-bond acceptors (Lipinski definition) is 4. The second kappa shape index (κ2) is 8.23. The van der Waals surface area contributed by atoms with E-state index < -0.39 is 0 Å². The number of aromatic nitrogens is 2. The molecular formula is C15H26BrN3S. The topological polar surface area (TPSA) is 37.8 Å². The van der Waals surface area contributed by atoms with Gasteiger partial charge in [0.2, 0.25) is 0 Å². The van der Waals surface area contributed by atoms with Gasteiger partial charge in [-0.2, -0.15) is 11.8 Å². The van der Waals surface area contributed by atoms with Gasteiger partial charge < -0.3 is 5.32 Å². The van der Waals surface area contributed by atoms with E-state index in [1.807, 2.05) is 11.8 Å². The van der Waals surface area contributed by atoms with E-state index in [9.17, 15) is 0 Å². The monoisotopic (exact) mass is 359 g/mol. The Morgan fingerprint density at radius 3 is 2.40 bits per heavy atom. The maximum atomic E-state index is 4.77. The number of nitrogens with zero attached hydrogens (tertiary/aromatic N) is 2. The van der Waals surface area contributed by atoms with Crippen molar-refractivity contribution in [3.63, 3.8) is 0 Å². The molecule has 1 rings (SSSR count). The zero-order valence-electron chi connectivity index (χ0n) is 13.2. The van der Waals surface area contributed by atoms with Gasteiger partial charge in [0.15, 0.2) is 0 Å². The third-order valence-corrected chi connectivity index (χ3v) is 4.64. The minimum Gasteiger partial charge on any atom is -0.369 e. The summed E-state index contributed by atoms with van der Waals surface area (Å²) in [5.74, 6) is 3.89. The van der Waals surface area contributed by atoms with Crippen LogP contribution in [0.25, 0.3) is 0 Å². The van der Waals surface area contributed by atoms with Crippen LogP contribution in [0.2, 0.25) is 0 Å². The van der Waals surface area contributed by atoms with Crippen molar-refractivity contribution in [1.82, 2.24) is 9.97 Å². The molecule has 0 fully saturated rings. The van der Waals surface area contributed by atoms with E-state index in [0.29, 0.717) is 0 Å². The Morgan fingerprint density at radius 2 is 1.85 bits per heavy atom. The minimum atomic E-state index is 0.00852. The van der Waals surface area contributed by atoms with Gasteiger partial charge in [0, 0.05) is 12.0 Å². The van der Waals surface area contributed by atoms with Gasteiger partial charge in [0.25, 0.3) is 0 Å². The summed E-state index contributed by atoms with van der Waals surface area (Å²) in [7, 11) is 0. The maximum absolute atomic E-state index is 4.77. The molecule has 5 heteroatoms. The van der Waals surface area contributed by atoms with E-state index in [2.05, 4.69) is 60.8 Å². The first-order valence-electron chi connectivity index (χ1n) is 7.28. The normalized spacial score (nSPS) is 11.7. The zero-order chi connectivity index (χ0) is 15.2. The Hall–Kier alpha value is -0.290. The first kappa shape index (κ1) is 17.8.